The van der Waals surface area contributed by atoms with Gasteiger partial charge in [-0.25, -0.2) is 0 Å². The fourth-order valence-electron chi connectivity index (χ4n) is 0.341. The number of halogens is 1. The van der Waals surface area contributed by atoms with Gasteiger partial charge in [0, 0.05) is 3.89 Å². The highest BCUT2D eigenvalue weighted by Gasteiger charge is 2.05. The Labute approximate surface area is 57.5 Å². The summed E-state index contributed by atoms with van der Waals surface area (Å²) in [5.74, 6) is 0. The Morgan fingerprint density at radius 2 is 2.71 bits per heavy atom. The lowest BCUT2D eigenvalue weighted by Gasteiger charge is -1.91. The molecule has 0 aliphatic carbocycles. The van der Waals surface area contributed by atoms with Crippen LogP contribution in [-0.2, 0) is 9.47 Å². The second-order valence-electron chi connectivity index (χ2n) is 1.15. The molecule has 0 aromatic carbocycles. The van der Waals surface area contributed by atoms with Crippen molar-refractivity contribution in [1.82, 2.24) is 0 Å². The van der Waals surface area contributed by atoms with Crippen LogP contribution in [0.3, 0.4) is 0 Å². The minimum atomic E-state index is -0.283. The molecule has 0 saturated heterocycles. The first-order valence-electron chi connectivity index (χ1n) is 1.93. The first-order chi connectivity index (χ1) is 3.43. The molecule has 0 saturated carbocycles. The maximum Gasteiger partial charge on any atom is 0.567 e. The van der Waals surface area contributed by atoms with Crippen LogP contribution in [0, 0.1) is 0 Å². The predicted octanol–water partition coefficient (Wildman–Crippen LogP) is 0.804. The van der Waals surface area contributed by atoms with Crippen molar-refractivity contribution in [2.24, 2.45) is 0 Å². The highest BCUT2D eigenvalue weighted by Crippen LogP contribution is 2.05. The topological polar surface area (TPSA) is 18.5 Å². The first-order valence-corrected chi connectivity index (χ1v) is 6.53. The Kier molecular flexibility index (Phi) is 2.28. The SMILES string of the molecule is [Br][Mg][C]1=COCO1. The lowest BCUT2D eigenvalue weighted by Crippen LogP contribution is -1.87. The van der Waals surface area contributed by atoms with Crippen molar-refractivity contribution in [2.75, 3.05) is 6.79 Å². The van der Waals surface area contributed by atoms with E-state index in [1.807, 2.05) is 0 Å². The van der Waals surface area contributed by atoms with E-state index >= 15 is 0 Å². The van der Waals surface area contributed by atoms with Crippen LogP contribution in [-0.4, -0.2) is 25.0 Å². The molecule has 0 aromatic heterocycles. The summed E-state index contributed by atoms with van der Waals surface area (Å²) in [6, 6.07) is 0. The fraction of sp³-hybridized carbons (Fsp3) is 0.333. The quantitative estimate of drug-likeness (QED) is 0.549. The summed E-state index contributed by atoms with van der Waals surface area (Å²) in [6.45, 7) is 0.411. The molecule has 4 heteroatoms. The van der Waals surface area contributed by atoms with Gasteiger partial charge in [0.05, 0.1) is 6.26 Å². The molecule has 0 radical (unpaired) electrons. The molecule has 0 amide bonds. The zero-order chi connectivity index (χ0) is 5.11. The van der Waals surface area contributed by atoms with Gasteiger partial charge >= 0.3 is 18.2 Å². The molecule has 0 aromatic rings. The van der Waals surface area contributed by atoms with E-state index in [9.17, 15) is 0 Å². The predicted molar refractivity (Wildman–Crippen MR) is 29.8 cm³/mol. The summed E-state index contributed by atoms with van der Waals surface area (Å²) in [7, 11) is 0. The summed E-state index contributed by atoms with van der Waals surface area (Å²) in [4.78, 5) is 0. The largest absolute Gasteiger partial charge is 0.567 e. The number of rotatable bonds is 1. The minimum Gasteiger partial charge on any atom is -0.489 e. The molecule has 0 unspecified atom stereocenters. The highest BCUT2D eigenvalue weighted by molar-refractivity contribution is 9.23. The maximum absolute atomic E-state index is 4.96. The lowest BCUT2D eigenvalue weighted by molar-refractivity contribution is 0.0878. The molecule has 0 N–H and O–H groups in total. The van der Waals surface area contributed by atoms with Crippen LogP contribution in [0.4, 0.5) is 0 Å². The van der Waals surface area contributed by atoms with Gasteiger partial charge in [0.2, 0.25) is 6.79 Å². The smallest absolute Gasteiger partial charge is 0.489 e. The average molecular weight is 175 g/mol. The molecule has 2 nitrogen and oxygen atoms in total. The summed E-state index contributed by atoms with van der Waals surface area (Å²) in [6.07, 6.45) is 1.67. The second-order valence-corrected chi connectivity index (χ2v) is 3.79. The third-order valence-electron chi connectivity index (χ3n) is 0.659. The van der Waals surface area contributed by atoms with Gasteiger partial charge in [-0.3, -0.25) is 12.9 Å². The molecule has 1 rings (SSSR count). The van der Waals surface area contributed by atoms with Crippen LogP contribution in [0.15, 0.2) is 10.2 Å². The van der Waals surface area contributed by atoms with Crippen LogP contribution in [0.1, 0.15) is 0 Å². The molecule has 0 atom stereocenters. The van der Waals surface area contributed by atoms with E-state index in [2.05, 4.69) is 12.9 Å². The zero-order valence-corrected chi connectivity index (χ0v) is 6.69. The van der Waals surface area contributed by atoms with E-state index in [-0.39, 0.29) is 18.2 Å². The Balaban J connectivity index is 2.36. The standard InChI is InChI=1S/C3H3O2.BrH.Mg/c1-2-5-3-4-1;;/h1H,3H2;1H;/q;;+1/p-1. The minimum absolute atomic E-state index is 0.283. The van der Waals surface area contributed by atoms with E-state index in [1.165, 1.54) is 0 Å². The lowest BCUT2D eigenvalue weighted by atomic mass is 11.1. The van der Waals surface area contributed by atoms with Gasteiger partial charge in [-0.1, -0.05) is 0 Å². The van der Waals surface area contributed by atoms with Crippen molar-refractivity contribution in [1.29, 1.82) is 0 Å². The van der Waals surface area contributed by atoms with Crippen LogP contribution in [0.5, 0.6) is 0 Å². The van der Waals surface area contributed by atoms with E-state index < -0.39 is 0 Å². The highest BCUT2D eigenvalue weighted by atomic mass is 79.9. The van der Waals surface area contributed by atoms with Crippen molar-refractivity contribution in [3.05, 3.63) is 10.2 Å². The van der Waals surface area contributed by atoms with Crippen LogP contribution in [0.25, 0.3) is 0 Å². The molecule has 0 bridgehead atoms. The Morgan fingerprint density at radius 1 is 1.86 bits per heavy atom. The van der Waals surface area contributed by atoms with Crippen molar-refractivity contribution in [3.8, 4) is 0 Å². The van der Waals surface area contributed by atoms with Gasteiger partial charge in [0.1, 0.15) is 0 Å². The number of hydrogen-bond acceptors (Lipinski definition) is 2. The monoisotopic (exact) mass is 174 g/mol. The molecule has 0 fully saturated rings. The molecule has 36 valence electrons. The van der Waals surface area contributed by atoms with Gasteiger partial charge in [0.25, 0.3) is 0 Å². The van der Waals surface area contributed by atoms with Gasteiger partial charge < -0.3 is 9.47 Å². The van der Waals surface area contributed by atoms with Crippen molar-refractivity contribution >= 4 is 31.1 Å². The van der Waals surface area contributed by atoms with Crippen LogP contribution >= 0.6 is 12.9 Å². The molecule has 1 aliphatic heterocycles. The maximum atomic E-state index is 4.96. The van der Waals surface area contributed by atoms with Gasteiger partial charge in [-0.15, -0.1) is 0 Å². The van der Waals surface area contributed by atoms with Gasteiger partial charge in [-0.2, -0.15) is 0 Å². The summed E-state index contributed by atoms with van der Waals surface area (Å²) in [5.41, 5.74) is 0. The third-order valence-corrected chi connectivity index (χ3v) is 2.95. The van der Waals surface area contributed by atoms with E-state index in [4.69, 9.17) is 9.47 Å². The van der Waals surface area contributed by atoms with Crippen LogP contribution < -0.4 is 0 Å². The van der Waals surface area contributed by atoms with Crippen LogP contribution in [0.2, 0.25) is 0 Å². The number of ether oxygens (including phenoxy) is 2. The summed E-state index contributed by atoms with van der Waals surface area (Å²) < 4.78 is 10.7. The van der Waals surface area contributed by atoms with Crippen molar-refractivity contribution in [3.63, 3.8) is 0 Å². The molecular formula is C3H3BrMgO2. The second kappa shape index (κ2) is 2.79. The van der Waals surface area contributed by atoms with E-state index in [0.717, 1.165) is 3.89 Å². The Morgan fingerprint density at radius 3 is 3.00 bits per heavy atom. The van der Waals surface area contributed by atoms with Gasteiger partial charge in [0.15, 0.2) is 0 Å². The molecule has 1 aliphatic rings. The average Bonchev–Trinajstić information content (AvgIpc) is 2.14. The Bertz CT molecular complexity index is 92.9. The Hall–Kier alpha value is 0.586. The fourth-order valence-corrected chi connectivity index (χ4v) is 1.56. The number of hydrogen-bond donors (Lipinski definition) is 0. The first kappa shape index (κ1) is 5.72. The molecule has 0 spiro atoms. The summed E-state index contributed by atoms with van der Waals surface area (Å²) in [5, 5.41) is 0. The van der Waals surface area contributed by atoms with E-state index in [0.29, 0.717) is 6.79 Å². The molecule has 1 heterocycles. The van der Waals surface area contributed by atoms with E-state index in [1.54, 1.807) is 6.26 Å². The molecule has 7 heavy (non-hydrogen) atoms. The molecular weight excluding hydrogens is 172 g/mol. The van der Waals surface area contributed by atoms with Crippen molar-refractivity contribution in [2.45, 2.75) is 0 Å². The zero-order valence-electron chi connectivity index (χ0n) is 3.69. The van der Waals surface area contributed by atoms with Gasteiger partial charge in [-0.05, 0) is 0 Å². The van der Waals surface area contributed by atoms with Crippen molar-refractivity contribution < 1.29 is 9.47 Å². The third kappa shape index (κ3) is 1.51. The normalized spacial score (nSPS) is 16.4. The summed E-state index contributed by atoms with van der Waals surface area (Å²) >= 11 is 3.06.